The van der Waals surface area contributed by atoms with Gasteiger partial charge < -0.3 is 9.47 Å². The Kier molecular flexibility index (Phi) is 7.40. The van der Waals surface area contributed by atoms with Crippen molar-refractivity contribution in [1.82, 2.24) is 4.98 Å². The van der Waals surface area contributed by atoms with Crippen LogP contribution >= 0.6 is 11.8 Å². The van der Waals surface area contributed by atoms with Gasteiger partial charge in [0, 0.05) is 29.4 Å². The minimum Gasteiger partial charge on any atom is -0.489 e. The number of hydrogen-bond donors (Lipinski definition) is 0. The largest absolute Gasteiger partial charge is 0.489 e. The normalized spacial score (nSPS) is 11.5. The number of hydrogen-bond acceptors (Lipinski definition) is 7. The van der Waals surface area contributed by atoms with Crippen LogP contribution in [0, 0.1) is 10.1 Å². The van der Waals surface area contributed by atoms with Crippen LogP contribution in [0.5, 0.6) is 5.75 Å². The molecule has 2 aromatic carbocycles. The molecule has 7 nitrogen and oxygen atoms in total. The van der Waals surface area contributed by atoms with Crippen LogP contribution in [0.3, 0.4) is 0 Å². The van der Waals surface area contributed by atoms with E-state index in [-0.39, 0.29) is 18.3 Å². The molecule has 1 heterocycles. The van der Waals surface area contributed by atoms with Gasteiger partial charge in [0.25, 0.3) is 5.69 Å². The second-order valence-corrected chi connectivity index (χ2v) is 7.82. The third-order valence-electron chi connectivity index (χ3n) is 4.15. The number of aromatic nitrogens is 1. The van der Waals surface area contributed by atoms with E-state index in [9.17, 15) is 14.9 Å². The highest BCUT2D eigenvalue weighted by Crippen LogP contribution is 2.26. The Morgan fingerprint density at radius 1 is 1.00 bits per heavy atom. The highest BCUT2D eigenvalue weighted by atomic mass is 32.2. The molecule has 0 N–H and O–H groups in total. The summed E-state index contributed by atoms with van der Waals surface area (Å²) < 4.78 is 11.1. The van der Waals surface area contributed by atoms with Gasteiger partial charge in [0.2, 0.25) is 0 Å². The number of esters is 1. The molecule has 3 aromatic rings. The van der Waals surface area contributed by atoms with Gasteiger partial charge in [0.1, 0.15) is 24.2 Å². The topological polar surface area (TPSA) is 91.6 Å². The Hall–Kier alpha value is -3.39. The van der Waals surface area contributed by atoms with E-state index in [2.05, 4.69) is 4.98 Å². The lowest BCUT2D eigenvalue weighted by atomic mass is 10.2. The monoisotopic (exact) mass is 424 g/mol. The Bertz CT molecular complexity index is 979. The van der Waals surface area contributed by atoms with E-state index in [0.717, 1.165) is 21.8 Å². The van der Waals surface area contributed by atoms with Gasteiger partial charge in [-0.1, -0.05) is 12.1 Å². The summed E-state index contributed by atoms with van der Waals surface area (Å²) in [4.78, 5) is 27.2. The molecular weight excluding hydrogens is 404 g/mol. The average Bonchev–Trinajstić information content (AvgIpc) is 2.77. The lowest BCUT2D eigenvalue weighted by Crippen LogP contribution is -2.16. The minimum atomic E-state index is -0.457. The summed E-state index contributed by atoms with van der Waals surface area (Å²) in [5, 5.41) is 10.3. The number of non-ortho nitro benzene ring substituents is 1. The molecule has 1 atom stereocenters. The zero-order valence-electron chi connectivity index (χ0n) is 16.3. The predicted octanol–water partition coefficient (Wildman–Crippen LogP) is 4.79. The van der Waals surface area contributed by atoms with Crippen molar-refractivity contribution in [2.24, 2.45) is 0 Å². The zero-order chi connectivity index (χ0) is 21.3. The van der Waals surface area contributed by atoms with Gasteiger partial charge in [-0.15, -0.1) is 11.8 Å². The second-order valence-electron chi connectivity index (χ2n) is 6.41. The van der Waals surface area contributed by atoms with Gasteiger partial charge in [-0.05, 0) is 54.4 Å². The second kappa shape index (κ2) is 10.4. The van der Waals surface area contributed by atoms with Crippen LogP contribution in [0.1, 0.15) is 18.1 Å². The number of carbonyl (C=O) groups is 1. The molecule has 1 unspecified atom stereocenters. The Morgan fingerprint density at radius 2 is 1.63 bits per heavy atom. The Morgan fingerprint density at radius 3 is 2.27 bits per heavy atom. The molecule has 154 valence electrons. The van der Waals surface area contributed by atoms with Gasteiger partial charge >= 0.3 is 5.97 Å². The number of nitro groups is 1. The molecule has 30 heavy (non-hydrogen) atoms. The van der Waals surface area contributed by atoms with E-state index in [1.165, 1.54) is 23.9 Å². The number of thioether (sulfide) groups is 1. The summed E-state index contributed by atoms with van der Waals surface area (Å²) in [6.07, 6.45) is 3.44. The van der Waals surface area contributed by atoms with E-state index in [1.54, 1.807) is 31.5 Å². The van der Waals surface area contributed by atoms with Crippen LogP contribution in [0.4, 0.5) is 5.69 Å². The van der Waals surface area contributed by atoms with Gasteiger partial charge in [-0.25, -0.2) is 0 Å². The molecule has 0 spiro atoms. The fourth-order valence-electron chi connectivity index (χ4n) is 2.50. The SMILES string of the molecule is CC(Sc1ccc([N+](=O)[O-])cc1)C(=O)OCc1ccc(OCc2ccncc2)cc1. The molecule has 0 radical (unpaired) electrons. The van der Waals surface area contributed by atoms with E-state index < -0.39 is 10.2 Å². The summed E-state index contributed by atoms with van der Waals surface area (Å²) in [6, 6.07) is 17.2. The number of carbonyl (C=O) groups excluding carboxylic acids is 1. The van der Waals surface area contributed by atoms with Crippen LogP contribution in [0.25, 0.3) is 0 Å². The Labute approximate surface area is 178 Å². The van der Waals surface area contributed by atoms with Crippen molar-refractivity contribution >= 4 is 23.4 Å². The maximum atomic E-state index is 12.2. The van der Waals surface area contributed by atoms with Crippen LogP contribution in [0.2, 0.25) is 0 Å². The quantitative estimate of drug-likeness (QED) is 0.211. The summed E-state index contributed by atoms with van der Waals surface area (Å²) >= 11 is 1.29. The van der Waals surface area contributed by atoms with Crippen LogP contribution in [-0.4, -0.2) is 21.1 Å². The third-order valence-corrected chi connectivity index (χ3v) is 5.24. The smallest absolute Gasteiger partial charge is 0.319 e. The molecule has 0 aliphatic carbocycles. The summed E-state index contributed by atoms with van der Waals surface area (Å²) in [7, 11) is 0. The van der Waals surface area contributed by atoms with Crippen molar-refractivity contribution in [2.75, 3.05) is 0 Å². The first kappa shape index (κ1) is 21.3. The fraction of sp³-hybridized carbons (Fsp3) is 0.182. The number of ether oxygens (including phenoxy) is 2. The van der Waals surface area contributed by atoms with Gasteiger partial charge in [-0.3, -0.25) is 19.9 Å². The standard InChI is InChI=1S/C22H20N2O5S/c1-16(30-21-8-4-19(5-9-21)24(26)27)22(25)29-15-17-2-6-20(7-3-17)28-14-18-10-12-23-13-11-18/h2-13,16H,14-15H2,1H3. The van der Waals surface area contributed by atoms with E-state index >= 15 is 0 Å². The fourth-order valence-corrected chi connectivity index (χ4v) is 3.36. The number of pyridine rings is 1. The molecule has 0 fully saturated rings. The first-order valence-electron chi connectivity index (χ1n) is 9.19. The van der Waals surface area contributed by atoms with Crippen LogP contribution in [-0.2, 0) is 22.7 Å². The van der Waals surface area contributed by atoms with Gasteiger partial charge in [0.15, 0.2) is 0 Å². The molecule has 0 aliphatic heterocycles. The molecule has 0 saturated carbocycles. The summed E-state index contributed by atoms with van der Waals surface area (Å²) in [6.45, 7) is 2.35. The van der Waals surface area contributed by atoms with Crippen LogP contribution in [0.15, 0.2) is 78.0 Å². The summed E-state index contributed by atoms with van der Waals surface area (Å²) in [5.41, 5.74) is 1.90. The van der Waals surface area contributed by atoms with Crippen molar-refractivity contribution in [3.05, 3.63) is 94.3 Å². The minimum absolute atomic E-state index is 0.0165. The molecule has 0 bridgehead atoms. The van der Waals surface area contributed by atoms with Gasteiger partial charge in [0.05, 0.1) is 4.92 Å². The number of rotatable bonds is 9. The molecule has 8 heteroatoms. The molecule has 0 amide bonds. The average molecular weight is 424 g/mol. The van der Waals surface area contributed by atoms with Gasteiger partial charge in [-0.2, -0.15) is 0 Å². The van der Waals surface area contributed by atoms with Crippen molar-refractivity contribution in [2.45, 2.75) is 30.3 Å². The number of nitrogens with zero attached hydrogens (tertiary/aromatic N) is 2. The van der Waals surface area contributed by atoms with E-state index in [1.807, 2.05) is 36.4 Å². The number of nitro benzene ring substituents is 1. The molecule has 0 aliphatic rings. The van der Waals surface area contributed by atoms with Crippen molar-refractivity contribution in [1.29, 1.82) is 0 Å². The summed E-state index contributed by atoms with van der Waals surface area (Å²) in [5.74, 6) is 0.375. The molecular formula is C22H20N2O5S. The third kappa shape index (κ3) is 6.31. The first-order chi connectivity index (χ1) is 14.5. The zero-order valence-corrected chi connectivity index (χ0v) is 17.1. The number of benzene rings is 2. The lowest BCUT2D eigenvalue weighted by Gasteiger charge is -2.12. The Balaban J connectivity index is 1.44. The van der Waals surface area contributed by atoms with Crippen molar-refractivity contribution in [3.63, 3.8) is 0 Å². The highest BCUT2D eigenvalue weighted by Gasteiger charge is 2.17. The first-order valence-corrected chi connectivity index (χ1v) is 10.1. The predicted molar refractivity (Wildman–Crippen MR) is 113 cm³/mol. The maximum absolute atomic E-state index is 12.2. The molecule has 0 saturated heterocycles. The lowest BCUT2D eigenvalue weighted by molar-refractivity contribution is -0.384. The van der Waals surface area contributed by atoms with E-state index in [0.29, 0.717) is 6.61 Å². The maximum Gasteiger partial charge on any atom is 0.319 e. The van der Waals surface area contributed by atoms with Crippen LogP contribution < -0.4 is 4.74 Å². The highest BCUT2D eigenvalue weighted by molar-refractivity contribution is 8.00. The molecule has 1 aromatic heterocycles. The van der Waals surface area contributed by atoms with Crippen molar-refractivity contribution < 1.29 is 19.2 Å². The molecule has 3 rings (SSSR count). The van der Waals surface area contributed by atoms with E-state index in [4.69, 9.17) is 9.47 Å². The van der Waals surface area contributed by atoms with Crippen molar-refractivity contribution in [3.8, 4) is 5.75 Å².